The summed E-state index contributed by atoms with van der Waals surface area (Å²) in [6, 6.07) is 0. The normalized spacial score (nSPS) is 37.7. The van der Waals surface area contributed by atoms with E-state index in [4.69, 9.17) is 9.47 Å². The lowest BCUT2D eigenvalue weighted by atomic mass is 9.47. The summed E-state index contributed by atoms with van der Waals surface area (Å²) in [5, 5.41) is 0. The van der Waals surface area contributed by atoms with Crippen molar-refractivity contribution < 1.29 is 19.1 Å². The van der Waals surface area contributed by atoms with Crippen LogP contribution in [0.2, 0.25) is 0 Å². The third kappa shape index (κ3) is 3.23. The van der Waals surface area contributed by atoms with Gasteiger partial charge in [0, 0.05) is 22.6 Å². The SMILES string of the molecule is CCC/C=C1\OC(=O)C2=C1CC[C@H]1[C@H]3C=C4C(=O)OC(=CCCC5CCCCC5)[C@@]4(CC3)[C@@H]21. The van der Waals surface area contributed by atoms with E-state index in [0.29, 0.717) is 11.8 Å². The van der Waals surface area contributed by atoms with Crippen molar-refractivity contribution in [2.24, 2.45) is 29.1 Å². The first-order chi connectivity index (χ1) is 16.1. The minimum absolute atomic E-state index is 0.0207. The maximum absolute atomic E-state index is 13.2. The Bertz CT molecular complexity index is 989. The van der Waals surface area contributed by atoms with Crippen molar-refractivity contribution in [3.8, 4) is 0 Å². The predicted molar refractivity (Wildman–Crippen MR) is 126 cm³/mol. The van der Waals surface area contributed by atoms with Crippen LogP contribution in [0.25, 0.3) is 0 Å². The lowest BCUT2D eigenvalue weighted by molar-refractivity contribution is -0.135. The summed E-state index contributed by atoms with van der Waals surface area (Å²) in [4.78, 5) is 26.3. The second kappa shape index (κ2) is 8.29. The number of carbonyl (C=O) groups is 2. The average Bonchev–Trinajstić information content (AvgIpc) is 3.32. The van der Waals surface area contributed by atoms with Crippen LogP contribution in [0.15, 0.2) is 46.5 Å². The Morgan fingerprint density at radius 1 is 1.00 bits per heavy atom. The molecular formula is C29H36O4. The Morgan fingerprint density at radius 2 is 1.85 bits per heavy atom. The minimum atomic E-state index is -0.455. The topological polar surface area (TPSA) is 52.6 Å². The number of fused-ring (bicyclic) bond motifs is 1. The summed E-state index contributed by atoms with van der Waals surface area (Å²) in [7, 11) is 0. The van der Waals surface area contributed by atoms with E-state index in [1.807, 2.05) is 0 Å². The average molecular weight is 449 g/mol. The fraction of sp³-hybridized carbons (Fsp3) is 0.655. The predicted octanol–water partition coefficient (Wildman–Crippen LogP) is 6.69. The van der Waals surface area contributed by atoms with Crippen LogP contribution in [0.1, 0.15) is 90.4 Å². The quantitative estimate of drug-likeness (QED) is 0.440. The lowest BCUT2D eigenvalue weighted by Gasteiger charge is -2.54. The number of carbonyl (C=O) groups excluding carboxylic acids is 2. The third-order valence-corrected chi connectivity index (χ3v) is 9.44. The second-order valence-electron chi connectivity index (χ2n) is 11.1. The van der Waals surface area contributed by atoms with Crippen molar-refractivity contribution in [2.45, 2.75) is 90.4 Å². The number of unbranched alkanes of at least 4 members (excludes halogenated alkanes) is 1. The summed E-state index contributed by atoms with van der Waals surface area (Å²) < 4.78 is 11.8. The first-order valence-electron chi connectivity index (χ1n) is 13.4. The summed E-state index contributed by atoms with van der Waals surface area (Å²) in [6.07, 6.45) is 21.3. The van der Waals surface area contributed by atoms with Gasteiger partial charge in [-0.3, -0.25) is 0 Å². The van der Waals surface area contributed by atoms with Crippen molar-refractivity contribution in [2.75, 3.05) is 0 Å². The molecule has 0 N–H and O–H groups in total. The molecule has 4 nitrogen and oxygen atoms in total. The Morgan fingerprint density at radius 3 is 2.67 bits per heavy atom. The lowest BCUT2D eigenvalue weighted by Crippen LogP contribution is -2.50. The van der Waals surface area contributed by atoms with Gasteiger partial charge in [0.15, 0.2) is 0 Å². The number of cyclic esters (lactones) is 2. The van der Waals surface area contributed by atoms with Crippen LogP contribution in [0.4, 0.5) is 0 Å². The Labute approximate surface area is 197 Å². The Kier molecular flexibility index (Phi) is 5.38. The molecule has 0 aromatic rings. The van der Waals surface area contributed by atoms with E-state index in [0.717, 1.165) is 79.1 Å². The zero-order chi connectivity index (χ0) is 22.6. The van der Waals surface area contributed by atoms with Crippen molar-refractivity contribution in [3.63, 3.8) is 0 Å². The summed E-state index contributed by atoms with van der Waals surface area (Å²) in [6.45, 7) is 2.14. The molecule has 33 heavy (non-hydrogen) atoms. The Balaban J connectivity index is 1.38. The van der Waals surface area contributed by atoms with E-state index in [-0.39, 0.29) is 17.9 Å². The maximum Gasteiger partial charge on any atom is 0.340 e. The van der Waals surface area contributed by atoms with Gasteiger partial charge in [0.2, 0.25) is 0 Å². The molecule has 0 unspecified atom stereocenters. The number of ether oxygens (including phenoxy) is 2. The van der Waals surface area contributed by atoms with Gasteiger partial charge >= 0.3 is 11.9 Å². The number of esters is 2. The molecule has 1 spiro atoms. The molecular weight excluding hydrogens is 412 g/mol. The van der Waals surface area contributed by atoms with E-state index in [2.05, 4.69) is 25.2 Å². The van der Waals surface area contributed by atoms with E-state index in [1.54, 1.807) is 0 Å². The van der Waals surface area contributed by atoms with Crippen molar-refractivity contribution in [1.82, 2.24) is 0 Å². The fourth-order valence-corrected chi connectivity index (χ4v) is 7.94. The van der Waals surface area contributed by atoms with E-state index in [9.17, 15) is 9.59 Å². The molecule has 0 amide bonds. The molecule has 2 aliphatic heterocycles. The molecule has 4 heteroatoms. The molecule has 3 fully saturated rings. The molecule has 1 saturated heterocycles. The van der Waals surface area contributed by atoms with E-state index in [1.165, 1.54) is 38.5 Å². The van der Waals surface area contributed by atoms with Crippen LogP contribution < -0.4 is 0 Å². The number of allylic oxidation sites excluding steroid dienone is 5. The molecule has 2 bridgehead atoms. The van der Waals surface area contributed by atoms with Gasteiger partial charge in [-0.2, -0.15) is 0 Å². The summed E-state index contributed by atoms with van der Waals surface area (Å²) in [5.74, 6) is 2.86. The maximum atomic E-state index is 13.2. The van der Waals surface area contributed by atoms with Gasteiger partial charge in [-0.15, -0.1) is 0 Å². The van der Waals surface area contributed by atoms with Crippen LogP contribution >= 0.6 is 0 Å². The third-order valence-electron chi connectivity index (χ3n) is 9.44. The van der Waals surface area contributed by atoms with Gasteiger partial charge in [0.25, 0.3) is 0 Å². The van der Waals surface area contributed by atoms with Crippen LogP contribution in [0, 0.1) is 29.1 Å². The minimum Gasteiger partial charge on any atom is -0.427 e. The Hall–Kier alpha value is -2.10. The van der Waals surface area contributed by atoms with Gasteiger partial charge in [0.05, 0.1) is 5.41 Å². The molecule has 0 aromatic heterocycles. The zero-order valence-corrected chi connectivity index (χ0v) is 19.9. The molecule has 176 valence electrons. The van der Waals surface area contributed by atoms with Gasteiger partial charge < -0.3 is 9.47 Å². The van der Waals surface area contributed by atoms with Crippen LogP contribution in [0.3, 0.4) is 0 Å². The van der Waals surface area contributed by atoms with E-state index < -0.39 is 5.41 Å². The number of rotatable bonds is 5. The first kappa shape index (κ1) is 21.4. The standard InChI is InChI=1S/C29H36O4/c1-2-3-11-23-21-14-13-20-19-15-16-29(26(20)25(21)28(31)32-23)22(17-19)27(30)33-24(29)12-7-10-18-8-5-4-6-9-18/h11-12,17-20,26H,2-10,13-16H2,1H3/b23-11-,24-12?/t19-,20+,26-,29+/m1/s1. The van der Waals surface area contributed by atoms with Crippen LogP contribution in [-0.2, 0) is 19.1 Å². The molecule has 2 saturated carbocycles. The first-order valence-corrected chi connectivity index (χ1v) is 13.4. The highest BCUT2D eigenvalue weighted by Gasteiger charge is 2.66. The second-order valence-corrected chi connectivity index (χ2v) is 11.1. The monoisotopic (exact) mass is 448 g/mol. The smallest absolute Gasteiger partial charge is 0.340 e. The fourth-order valence-electron chi connectivity index (χ4n) is 7.94. The highest BCUT2D eigenvalue weighted by molar-refractivity contribution is 5.99. The molecule has 0 aromatic carbocycles. The molecule has 4 atom stereocenters. The van der Waals surface area contributed by atoms with E-state index >= 15 is 0 Å². The summed E-state index contributed by atoms with van der Waals surface area (Å²) >= 11 is 0. The number of hydrogen-bond donors (Lipinski definition) is 0. The van der Waals surface area contributed by atoms with Gasteiger partial charge in [-0.05, 0) is 74.9 Å². The molecule has 5 aliphatic carbocycles. The largest absolute Gasteiger partial charge is 0.427 e. The van der Waals surface area contributed by atoms with Gasteiger partial charge in [-0.25, -0.2) is 9.59 Å². The molecule has 2 heterocycles. The van der Waals surface area contributed by atoms with Crippen molar-refractivity contribution in [3.05, 3.63) is 46.5 Å². The van der Waals surface area contributed by atoms with Crippen LogP contribution in [0.5, 0.6) is 0 Å². The highest BCUT2D eigenvalue weighted by atomic mass is 16.5. The zero-order valence-electron chi connectivity index (χ0n) is 19.9. The molecule has 7 rings (SSSR count). The molecule has 7 aliphatic rings. The van der Waals surface area contributed by atoms with Gasteiger partial charge in [0.1, 0.15) is 11.5 Å². The molecule has 0 radical (unpaired) electrons. The van der Waals surface area contributed by atoms with Gasteiger partial charge in [-0.1, -0.05) is 51.5 Å². The van der Waals surface area contributed by atoms with Crippen molar-refractivity contribution >= 4 is 11.9 Å². The summed E-state index contributed by atoms with van der Waals surface area (Å²) in [5.41, 5.74) is 2.34. The highest BCUT2D eigenvalue weighted by Crippen LogP contribution is 2.68. The van der Waals surface area contributed by atoms with Crippen LogP contribution in [-0.4, -0.2) is 11.9 Å². The van der Waals surface area contributed by atoms with Crippen molar-refractivity contribution in [1.29, 1.82) is 0 Å². The number of hydrogen-bond acceptors (Lipinski definition) is 4.